The first-order valence-electron chi connectivity index (χ1n) is 5.86. The van der Waals surface area contributed by atoms with Crippen LogP contribution in [0.25, 0.3) is 0 Å². The number of carbonyl (C=O) groups excluding carboxylic acids is 1. The first-order chi connectivity index (χ1) is 8.06. The van der Waals surface area contributed by atoms with Crippen molar-refractivity contribution < 1.29 is 9.53 Å². The zero-order valence-electron chi connectivity index (χ0n) is 10.3. The van der Waals surface area contributed by atoms with Gasteiger partial charge in [-0.3, -0.25) is 0 Å². The Morgan fingerprint density at radius 1 is 1.41 bits per heavy atom. The Labute approximate surface area is 101 Å². The summed E-state index contributed by atoms with van der Waals surface area (Å²) in [6.45, 7) is 5.30. The van der Waals surface area contributed by atoms with E-state index < -0.39 is 0 Å². The number of amides is 1. The van der Waals surface area contributed by atoms with Crippen molar-refractivity contribution in [1.29, 1.82) is 0 Å². The molecule has 1 aliphatic heterocycles. The number of rotatable bonds is 1. The van der Waals surface area contributed by atoms with E-state index in [4.69, 9.17) is 10.5 Å². The van der Waals surface area contributed by atoms with Crippen LogP contribution in [0, 0.1) is 13.8 Å². The summed E-state index contributed by atoms with van der Waals surface area (Å²) in [6, 6.07) is 5.73. The highest BCUT2D eigenvalue weighted by molar-refractivity contribution is 5.71. The predicted octanol–water partition coefficient (Wildman–Crippen LogP) is 1.84. The third-order valence-corrected chi connectivity index (χ3v) is 3.17. The molecule has 4 nitrogen and oxygen atoms in total. The summed E-state index contributed by atoms with van der Waals surface area (Å²) in [5, 5.41) is 0. The van der Waals surface area contributed by atoms with E-state index in [-0.39, 0.29) is 12.1 Å². The van der Waals surface area contributed by atoms with E-state index in [1.54, 1.807) is 4.90 Å². The van der Waals surface area contributed by atoms with Crippen LogP contribution in [0.1, 0.15) is 17.5 Å². The molecule has 2 rings (SSSR count). The first kappa shape index (κ1) is 11.9. The van der Waals surface area contributed by atoms with Crippen molar-refractivity contribution in [1.82, 2.24) is 4.90 Å². The molecule has 2 N–H and O–H groups in total. The Morgan fingerprint density at radius 2 is 2.18 bits per heavy atom. The van der Waals surface area contributed by atoms with Crippen molar-refractivity contribution >= 4 is 6.09 Å². The van der Waals surface area contributed by atoms with Crippen molar-refractivity contribution in [2.45, 2.75) is 26.3 Å². The molecule has 0 radical (unpaired) electrons. The number of ether oxygens (including phenoxy) is 1. The monoisotopic (exact) mass is 234 g/mol. The molecule has 0 unspecified atom stereocenters. The van der Waals surface area contributed by atoms with Crippen LogP contribution in [0.5, 0.6) is 5.75 Å². The molecule has 0 spiro atoms. The van der Waals surface area contributed by atoms with Crippen molar-refractivity contribution in [2.24, 2.45) is 5.73 Å². The molecule has 1 aliphatic rings. The van der Waals surface area contributed by atoms with Gasteiger partial charge in [0.2, 0.25) is 0 Å². The van der Waals surface area contributed by atoms with Gasteiger partial charge < -0.3 is 15.4 Å². The maximum atomic E-state index is 11.8. The fraction of sp³-hybridized carbons (Fsp3) is 0.462. The average molecular weight is 234 g/mol. The molecule has 1 saturated heterocycles. The van der Waals surface area contributed by atoms with E-state index in [1.807, 2.05) is 32.0 Å². The molecule has 0 aromatic heterocycles. The summed E-state index contributed by atoms with van der Waals surface area (Å²) in [4.78, 5) is 13.5. The van der Waals surface area contributed by atoms with Crippen LogP contribution in [-0.2, 0) is 0 Å². The average Bonchev–Trinajstić information content (AvgIpc) is 2.70. The number of nitrogens with zero attached hydrogens (tertiary/aromatic N) is 1. The van der Waals surface area contributed by atoms with E-state index in [0.29, 0.717) is 18.8 Å². The van der Waals surface area contributed by atoms with Gasteiger partial charge in [0, 0.05) is 19.1 Å². The second kappa shape index (κ2) is 4.75. The van der Waals surface area contributed by atoms with E-state index in [0.717, 1.165) is 12.0 Å². The van der Waals surface area contributed by atoms with Crippen LogP contribution in [0.3, 0.4) is 0 Å². The van der Waals surface area contributed by atoms with Gasteiger partial charge in [0.25, 0.3) is 0 Å². The van der Waals surface area contributed by atoms with Crippen molar-refractivity contribution in [3.8, 4) is 5.75 Å². The summed E-state index contributed by atoms with van der Waals surface area (Å²) >= 11 is 0. The number of likely N-dealkylation sites (tertiary alicyclic amines) is 1. The van der Waals surface area contributed by atoms with Crippen molar-refractivity contribution in [2.75, 3.05) is 13.1 Å². The molecule has 1 aromatic carbocycles. The topological polar surface area (TPSA) is 55.6 Å². The van der Waals surface area contributed by atoms with Crippen LogP contribution in [0.2, 0.25) is 0 Å². The van der Waals surface area contributed by atoms with Crippen LogP contribution >= 0.6 is 0 Å². The fourth-order valence-corrected chi connectivity index (χ4v) is 1.90. The molecule has 0 bridgehead atoms. The largest absolute Gasteiger partial charge is 0.415 e. The minimum Gasteiger partial charge on any atom is -0.410 e. The molecule has 1 atom stereocenters. The fourth-order valence-electron chi connectivity index (χ4n) is 1.90. The van der Waals surface area contributed by atoms with Gasteiger partial charge in [-0.15, -0.1) is 0 Å². The van der Waals surface area contributed by atoms with E-state index in [9.17, 15) is 4.79 Å². The lowest BCUT2D eigenvalue weighted by atomic mass is 10.1. The Morgan fingerprint density at radius 3 is 2.76 bits per heavy atom. The lowest BCUT2D eigenvalue weighted by molar-refractivity contribution is 0.162. The summed E-state index contributed by atoms with van der Waals surface area (Å²) in [5.41, 5.74) is 8.06. The van der Waals surface area contributed by atoms with Gasteiger partial charge in [-0.05, 0) is 43.5 Å². The molecule has 1 fully saturated rings. The standard InChI is InChI=1S/C13H18N2O2/c1-9-3-4-12(7-10(9)2)17-13(16)15-6-5-11(14)8-15/h3-4,7,11H,5-6,8,14H2,1-2H3/t11-/m1/s1. The minimum absolute atomic E-state index is 0.0855. The highest BCUT2D eigenvalue weighted by Gasteiger charge is 2.25. The summed E-state index contributed by atoms with van der Waals surface area (Å²) in [7, 11) is 0. The quantitative estimate of drug-likeness (QED) is 0.806. The molecule has 1 amide bonds. The van der Waals surface area contributed by atoms with Gasteiger partial charge in [0.15, 0.2) is 0 Å². The van der Waals surface area contributed by atoms with Gasteiger partial charge in [0.05, 0.1) is 0 Å². The second-order valence-electron chi connectivity index (χ2n) is 4.61. The Bertz CT molecular complexity index is 431. The zero-order valence-corrected chi connectivity index (χ0v) is 10.3. The molecule has 1 heterocycles. The normalized spacial score (nSPS) is 19.5. The molecule has 4 heteroatoms. The Kier molecular flexibility index (Phi) is 3.33. The summed E-state index contributed by atoms with van der Waals surface area (Å²) < 4.78 is 5.31. The number of carbonyl (C=O) groups is 1. The van der Waals surface area contributed by atoms with Gasteiger partial charge in [-0.25, -0.2) is 4.79 Å². The molecule has 92 valence electrons. The Hall–Kier alpha value is -1.55. The number of aryl methyl sites for hydroxylation is 2. The highest BCUT2D eigenvalue weighted by atomic mass is 16.6. The molecule has 0 aliphatic carbocycles. The molecule has 1 aromatic rings. The van der Waals surface area contributed by atoms with Crippen LogP contribution in [0.15, 0.2) is 18.2 Å². The van der Waals surface area contributed by atoms with E-state index >= 15 is 0 Å². The number of hydrogen-bond donors (Lipinski definition) is 1. The second-order valence-corrected chi connectivity index (χ2v) is 4.61. The summed E-state index contributed by atoms with van der Waals surface area (Å²) in [6.07, 6.45) is 0.545. The molecule has 0 saturated carbocycles. The summed E-state index contributed by atoms with van der Waals surface area (Å²) in [5.74, 6) is 0.596. The van der Waals surface area contributed by atoms with Gasteiger partial charge in [-0.2, -0.15) is 0 Å². The third kappa shape index (κ3) is 2.77. The van der Waals surface area contributed by atoms with Crippen LogP contribution < -0.4 is 10.5 Å². The lowest BCUT2D eigenvalue weighted by Crippen LogP contribution is -2.34. The minimum atomic E-state index is -0.304. The van der Waals surface area contributed by atoms with Gasteiger partial charge in [-0.1, -0.05) is 6.07 Å². The van der Waals surface area contributed by atoms with Crippen LogP contribution in [0.4, 0.5) is 4.79 Å². The molecular weight excluding hydrogens is 216 g/mol. The Balaban J connectivity index is 2.00. The lowest BCUT2D eigenvalue weighted by Gasteiger charge is -2.15. The maximum Gasteiger partial charge on any atom is 0.415 e. The van der Waals surface area contributed by atoms with Crippen molar-refractivity contribution in [3.05, 3.63) is 29.3 Å². The van der Waals surface area contributed by atoms with Crippen LogP contribution in [-0.4, -0.2) is 30.1 Å². The number of hydrogen-bond acceptors (Lipinski definition) is 3. The van der Waals surface area contributed by atoms with Gasteiger partial charge in [0.1, 0.15) is 5.75 Å². The molecular formula is C13H18N2O2. The van der Waals surface area contributed by atoms with Crippen molar-refractivity contribution in [3.63, 3.8) is 0 Å². The zero-order chi connectivity index (χ0) is 12.4. The SMILES string of the molecule is Cc1ccc(OC(=O)N2CC[C@@H](N)C2)cc1C. The van der Waals surface area contributed by atoms with E-state index in [1.165, 1.54) is 5.56 Å². The number of benzene rings is 1. The maximum absolute atomic E-state index is 11.8. The third-order valence-electron chi connectivity index (χ3n) is 3.17. The highest BCUT2D eigenvalue weighted by Crippen LogP contribution is 2.18. The molecule has 17 heavy (non-hydrogen) atoms. The van der Waals surface area contributed by atoms with Gasteiger partial charge >= 0.3 is 6.09 Å². The first-order valence-corrected chi connectivity index (χ1v) is 5.86. The predicted molar refractivity (Wildman–Crippen MR) is 66.1 cm³/mol. The van der Waals surface area contributed by atoms with E-state index in [2.05, 4.69) is 0 Å². The smallest absolute Gasteiger partial charge is 0.410 e. The number of nitrogens with two attached hydrogens (primary N) is 1.